The molecule has 0 spiro atoms. The molecule has 1 nitrogen and oxygen atoms in total. The molecule has 1 atom stereocenters. The molecule has 106 valence electrons. The smallest absolute Gasteiger partial charge is 0.129 e. The summed E-state index contributed by atoms with van der Waals surface area (Å²) < 4.78 is 27.6. The molecular weight excluding hydrogens is 395 g/mol. The van der Waals surface area contributed by atoms with E-state index >= 15 is 0 Å². The van der Waals surface area contributed by atoms with Crippen molar-refractivity contribution in [1.29, 1.82) is 0 Å². The Kier molecular flexibility index (Phi) is 5.35. The van der Waals surface area contributed by atoms with Crippen molar-refractivity contribution in [3.8, 4) is 0 Å². The van der Waals surface area contributed by atoms with E-state index in [0.717, 1.165) is 15.2 Å². The zero-order chi connectivity index (χ0) is 14.7. The average molecular weight is 408 g/mol. The fourth-order valence-corrected chi connectivity index (χ4v) is 2.55. The van der Waals surface area contributed by atoms with Gasteiger partial charge in [-0.25, -0.2) is 8.78 Å². The molecular formula is C15H13ClF2IN. The summed E-state index contributed by atoms with van der Waals surface area (Å²) in [6, 6.07) is 9.31. The van der Waals surface area contributed by atoms with Crippen LogP contribution >= 0.6 is 34.2 Å². The van der Waals surface area contributed by atoms with E-state index < -0.39 is 11.6 Å². The van der Waals surface area contributed by atoms with E-state index in [1.54, 1.807) is 7.05 Å². The standard InChI is InChI=1S/C15H13ClF2IN/c1-20-15(10-3-5-14(19)12(16)6-10)7-9-2-4-11(17)8-13(9)18/h2-6,8,15,20H,7H2,1H3. The zero-order valence-corrected chi connectivity index (χ0v) is 13.7. The first-order valence-electron chi connectivity index (χ1n) is 6.07. The summed E-state index contributed by atoms with van der Waals surface area (Å²) in [6.07, 6.45) is 0.430. The second-order valence-corrected chi connectivity index (χ2v) is 6.02. The summed E-state index contributed by atoms with van der Waals surface area (Å²) in [7, 11) is 1.80. The van der Waals surface area contributed by atoms with E-state index in [9.17, 15) is 8.78 Å². The third kappa shape index (κ3) is 3.68. The molecule has 5 heteroatoms. The van der Waals surface area contributed by atoms with Crippen molar-refractivity contribution in [3.63, 3.8) is 0 Å². The van der Waals surface area contributed by atoms with Crippen molar-refractivity contribution in [3.05, 3.63) is 67.8 Å². The molecule has 0 saturated heterocycles. The van der Waals surface area contributed by atoms with Gasteiger partial charge in [0, 0.05) is 15.7 Å². The Bertz CT molecular complexity index is 619. The minimum atomic E-state index is -0.565. The largest absolute Gasteiger partial charge is 0.313 e. The highest BCUT2D eigenvalue weighted by Crippen LogP contribution is 2.26. The van der Waals surface area contributed by atoms with Crippen LogP contribution in [0, 0.1) is 15.2 Å². The number of hydrogen-bond acceptors (Lipinski definition) is 1. The van der Waals surface area contributed by atoms with E-state index in [1.807, 2.05) is 18.2 Å². The maximum atomic E-state index is 13.7. The Labute approximate surface area is 135 Å². The molecule has 0 saturated carbocycles. The van der Waals surface area contributed by atoms with Crippen molar-refractivity contribution in [1.82, 2.24) is 5.32 Å². The number of hydrogen-bond donors (Lipinski definition) is 1. The summed E-state index contributed by atoms with van der Waals surface area (Å²) in [5.41, 5.74) is 1.45. The van der Waals surface area contributed by atoms with Gasteiger partial charge < -0.3 is 5.32 Å². The number of benzene rings is 2. The molecule has 0 bridgehead atoms. The first kappa shape index (κ1) is 15.7. The van der Waals surface area contributed by atoms with Crippen LogP contribution < -0.4 is 5.32 Å². The second-order valence-electron chi connectivity index (χ2n) is 4.45. The minimum absolute atomic E-state index is 0.0792. The van der Waals surface area contributed by atoms with Crippen LogP contribution in [-0.2, 0) is 6.42 Å². The number of nitrogens with one attached hydrogen (secondary N) is 1. The molecule has 0 aliphatic heterocycles. The minimum Gasteiger partial charge on any atom is -0.313 e. The van der Waals surface area contributed by atoms with Crippen molar-refractivity contribution in [2.75, 3.05) is 7.05 Å². The molecule has 2 aromatic carbocycles. The first-order valence-corrected chi connectivity index (χ1v) is 7.53. The highest BCUT2D eigenvalue weighted by atomic mass is 127. The van der Waals surface area contributed by atoms with Crippen LogP contribution in [-0.4, -0.2) is 7.05 Å². The van der Waals surface area contributed by atoms with Gasteiger partial charge in [-0.1, -0.05) is 23.7 Å². The fraction of sp³-hybridized carbons (Fsp3) is 0.200. The van der Waals surface area contributed by atoms with Gasteiger partial charge in [0.1, 0.15) is 11.6 Å². The van der Waals surface area contributed by atoms with E-state index in [2.05, 4.69) is 27.9 Å². The fourth-order valence-electron chi connectivity index (χ4n) is 2.02. The lowest BCUT2D eigenvalue weighted by atomic mass is 9.98. The highest BCUT2D eigenvalue weighted by Gasteiger charge is 2.14. The van der Waals surface area contributed by atoms with Crippen LogP contribution in [0.1, 0.15) is 17.2 Å². The van der Waals surface area contributed by atoms with Crippen molar-refractivity contribution < 1.29 is 8.78 Å². The summed E-state index contributed by atoms with van der Waals surface area (Å²) in [6.45, 7) is 0. The quantitative estimate of drug-likeness (QED) is 0.723. The predicted molar refractivity (Wildman–Crippen MR) is 86.0 cm³/mol. The van der Waals surface area contributed by atoms with E-state index in [4.69, 9.17) is 11.6 Å². The van der Waals surface area contributed by atoms with Gasteiger partial charge in [-0.15, -0.1) is 0 Å². The third-order valence-corrected chi connectivity index (χ3v) is 4.71. The van der Waals surface area contributed by atoms with Crippen LogP contribution in [0.4, 0.5) is 8.78 Å². The Morgan fingerprint density at radius 1 is 1.20 bits per heavy atom. The van der Waals surface area contributed by atoms with Gasteiger partial charge in [0.25, 0.3) is 0 Å². The van der Waals surface area contributed by atoms with E-state index in [1.165, 1.54) is 12.1 Å². The highest BCUT2D eigenvalue weighted by molar-refractivity contribution is 14.1. The summed E-state index contributed by atoms with van der Waals surface area (Å²) in [4.78, 5) is 0. The van der Waals surface area contributed by atoms with Crippen LogP contribution in [0.15, 0.2) is 36.4 Å². The summed E-state index contributed by atoms with van der Waals surface area (Å²) in [5, 5.41) is 3.80. The number of likely N-dealkylation sites (N-methyl/N-ethyl adjacent to an activating group) is 1. The molecule has 0 fully saturated rings. The van der Waals surface area contributed by atoms with Gasteiger partial charge in [0.15, 0.2) is 0 Å². The molecule has 2 aromatic rings. The van der Waals surface area contributed by atoms with Crippen LogP contribution in [0.3, 0.4) is 0 Å². The lowest BCUT2D eigenvalue weighted by Crippen LogP contribution is -2.19. The van der Waals surface area contributed by atoms with Crippen LogP contribution in [0.2, 0.25) is 5.02 Å². The van der Waals surface area contributed by atoms with E-state index in [0.29, 0.717) is 17.0 Å². The SMILES string of the molecule is CNC(Cc1ccc(F)cc1F)c1ccc(I)c(Cl)c1. The normalized spacial score (nSPS) is 12.4. The molecule has 0 heterocycles. The topological polar surface area (TPSA) is 12.0 Å². The maximum Gasteiger partial charge on any atom is 0.129 e. The van der Waals surface area contributed by atoms with Crippen LogP contribution in [0.25, 0.3) is 0 Å². The van der Waals surface area contributed by atoms with Gasteiger partial charge >= 0.3 is 0 Å². The summed E-state index contributed by atoms with van der Waals surface area (Å²) in [5.74, 6) is -1.09. The van der Waals surface area contributed by atoms with E-state index in [-0.39, 0.29) is 6.04 Å². The molecule has 0 aromatic heterocycles. The third-order valence-electron chi connectivity index (χ3n) is 3.13. The van der Waals surface area contributed by atoms with Gasteiger partial charge in [-0.3, -0.25) is 0 Å². The molecule has 2 rings (SSSR count). The van der Waals surface area contributed by atoms with Gasteiger partial charge in [0.05, 0.1) is 5.02 Å². The molecule has 20 heavy (non-hydrogen) atoms. The average Bonchev–Trinajstić information content (AvgIpc) is 2.41. The Morgan fingerprint density at radius 3 is 2.55 bits per heavy atom. The molecule has 0 amide bonds. The monoisotopic (exact) mass is 407 g/mol. The number of halogens is 4. The first-order chi connectivity index (χ1) is 9.51. The van der Waals surface area contributed by atoms with Crippen molar-refractivity contribution in [2.24, 2.45) is 0 Å². The lowest BCUT2D eigenvalue weighted by molar-refractivity contribution is 0.541. The Morgan fingerprint density at radius 2 is 1.95 bits per heavy atom. The van der Waals surface area contributed by atoms with Crippen molar-refractivity contribution in [2.45, 2.75) is 12.5 Å². The summed E-state index contributed by atoms with van der Waals surface area (Å²) >= 11 is 8.27. The van der Waals surface area contributed by atoms with Gasteiger partial charge in [0.2, 0.25) is 0 Å². The number of rotatable bonds is 4. The Balaban J connectivity index is 2.26. The molecule has 0 aliphatic rings. The van der Waals surface area contributed by atoms with Crippen molar-refractivity contribution >= 4 is 34.2 Å². The zero-order valence-electron chi connectivity index (χ0n) is 10.8. The lowest BCUT2D eigenvalue weighted by Gasteiger charge is -2.18. The van der Waals surface area contributed by atoms with Gasteiger partial charge in [-0.2, -0.15) is 0 Å². The molecule has 0 radical (unpaired) electrons. The molecule has 1 unspecified atom stereocenters. The van der Waals surface area contributed by atoms with Gasteiger partial charge in [-0.05, 0) is 65.4 Å². The predicted octanol–water partition coefficient (Wildman–Crippen LogP) is 4.73. The Hall–Kier alpha value is -0.720. The molecule has 1 N–H and O–H groups in total. The second kappa shape index (κ2) is 6.83. The maximum absolute atomic E-state index is 13.7. The van der Waals surface area contributed by atoms with Crippen LogP contribution in [0.5, 0.6) is 0 Å². The molecule has 0 aliphatic carbocycles.